The Labute approximate surface area is 154 Å². The Morgan fingerprint density at radius 1 is 1.12 bits per heavy atom. The lowest BCUT2D eigenvalue weighted by Gasteiger charge is -2.18. The SMILES string of the molecule is CCc1ccc(NC(=O)NC2CC(=O)N(c3ccc(C)c(C)c3)C2)cc1. The van der Waals surface area contributed by atoms with Gasteiger partial charge >= 0.3 is 6.03 Å². The monoisotopic (exact) mass is 351 g/mol. The van der Waals surface area contributed by atoms with E-state index in [-0.39, 0.29) is 18.0 Å². The Morgan fingerprint density at radius 3 is 2.50 bits per heavy atom. The fourth-order valence-electron chi connectivity index (χ4n) is 3.12. The van der Waals surface area contributed by atoms with E-state index in [0.717, 1.165) is 23.4 Å². The molecule has 1 heterocycles. The molecule has 3 rings (SSSR count). The van der Waals surface area contributed by atoms with Gasteiger partial charge in [0, 0.05) is 24.3 Å². The molecule has 1 atom stereocenters. The number of nitrogens with zero attached hydrogens (tertiary/aromatic N) is 1. The lowest BCUT2D eigenvalue weighted by Crippen LogP contribution is -2.39. The zero-order chi connectivity index (χ0) is 18.7. The van der Waals surface area contributed by atoms with Gasteiger partial charge in [-0.3, -0.25) is 4.79 Å². The third kappa shape index (κ3) is 4.04. The summed E-state index contributed by atoms with van der Waals surface area (Å²) in [7, 11) is 0. The highest BCUT2D eigenvalue weighted by molar-refractivity contribution is 5.97. The second-order valence-corrected chi connectivity index (χ2v) is 6.82. The first-order valence-corrected chi connectivity index (χ1v) is 9.00. The van der Waals surface area contributed by atoms with Gasteiger partial charge in [-0.15, -0.1) is 0 Å². The van der Waals surface area contributed by atoms with E-state index in [1.54, 1.807) is 4.90 Å². The van der Waals surface area contributed by atoms with Crippen molar-refractivity contribution in [3.05, 3.63) is 59.2 Å². The highest BCUT2D eigenvalue weighted by Gasteiger charge is 2.31. The predicted octanol–water partition coefficient (Wildman–Crippen LogP) is 3.79. The fraction of sp³-hybridized carbons (Fsp3) is 0.333. The zero-order valence-corrected chi connectivity index (χ0v) is 15.5. The van der Waals surface area contributed by atoms with E-state index in [0.29, 0.717) is 13.0 Å². The number of rotatable bonds is 4. The number of carbonyl (C=O) groups is 2. The number of nitrogens with one attached hydrogen (secondary N) is 2. The van der Waals surface area contributed by atoms with Gasteiger partial charge in [-0.1, -0.05) is 25.1 Å². The molecule has 2 aromatic carbocycles. The molecule has 1 aliphatic rings. The van der Waals surface area contributed by atoms with Crippen molar-refractivity contribution in [2.24, 2.45) is 0 Å². The quantitative estimate of drug-likeness (QED) is 0.880. The summed E-state index contributed by atoms with van der Waals surface area (Å²) in [6.07, 6.45) is 1.28. The Hall–Kier alpha value is -2.82. The third-order valence-electron chi connectivity index (χ3n) is 4.88. The van der Waals surface area contributed by atoms with Crippen LogP contribution in [0, 0.1) is 13.8 Å². The van der Waals surface area contributed by atoms with Gasteiger partial charge in [0.2, 0.25) is 5.91 Å². The molecular weight excluding hydrogens is 326 g/mol. The number of hydrogen-bond donors (Lipinski definition) is 2. The third-order valence-corrected chi connectivity index (χ3v) is 4.88. The largest absolute Gasteiger partial charge is 0.333 e. The molecule has 1 unspecified atom stereocenters. The predicted molar refractivity (Wildman–Crippen MR) is 105 cm³/mol. The smallest absolute Gasteiger partial charge is 0.319 e. The lowest BCUT2D eigenvalue weighted by molar-refractivity contribution is -0.117. The molecule has 0 saturated carbocycles. The lowest BCUT2D eigenvalue weighted by atomic mass is 10.1. The standard InChI is InChI=1S/C21H25N3O2/c1-4-16-6-8-17(9-7-16)22-21(26)23-18-12-20(25)24(13-18)19-10-5-14(2)15(3)11-19/h5-11,18H,4,12-13H2,1-3H3,(H2,22,23,26). The fourth-order valence-corrected chi connectivity index (χ4v) is 3.12. The van der Waals surface area contributed by atoms with Crippen LogP contribution < -0.4 is 15.5 Å². The molecule has 1 fully saturated rings. The zero-order valence-electron chi connectivity index (χ0n) is 15.5. The molecule has 2 aromatic rings. The normalized spacial score (nSPS) is 16.7. The van der Waals surface area contributed by atoms with Crippen molar-refractivity contribution in [1.29, 1.82) is 0 Å². The number of anilines is 2. The highest BCUT2D eigenvalue weighted by atomic mass is 16.2. The van der Waals surface area contributed by atoms with E-state index >= 15 is 0 Å². The minimum absolute atomic E-state index is 0.0332. The second-order valence-electron chi connectivity index (χ2n) is 6.82. The van der Waals surface area contributed by atoms with Gasteiger partial charge in [-0.2, -0.15) is 0 Å². The summed E-state index contributed by atoms with van der Waals surface area (Å²) in [5.74, 6) is 0.0332. The topological polar surface area (TPSA) is 61.4 Å². The van der Waals surface area contributed by atoms with Crippen molar-refractivity contribution in [2.75, 3.05) is 16.8 Å². The summed E-state index contributed by atoms with van der Waals surface area (Å²) in [6.45, 7) is 6.66. The number of hydrogen-bond acceptors (Lipinski definition) is 2. The molecule has 1 aliphatic heterocycles. The Morgan fingerprint density at radius 2 is 1.85 bits per heavy atom. The van der Waals surface area contributed by atoms with Gasteiger partial charge in [0.15, 0.2) is 0 Å². The van der Waals surface area contributed by atoms with E-state index in [1.165, 1.54) is 11.1 Å². The van der Waals surface area contributed by atoms with Crippen molar-refractivity contribution >= 4 is 23.3 Å². The number of aryl methyl sites for hydroxylation is 3. The van der Waals surface area contributed by atoms with Crippen molar-refractivity contribution in [1.82, 2.24) is 5.32 Å². The van der Waals surface area contributed by atoms with Crippen LogP contribution >= 0.6 is 0 Å². The van der Waals surface area contributed by atoms with Crippen LogP contribution in [-0.2, 0) is 11.2 Å². The molecule has 0 aromatic heterocycles. The highest BCUT2D eigenvalue weighted by Crippen LogP contribution is 2.24. The first-order valence-electron chi connectivity index (χ1n) is 9.00. The van der Waals surface area contributed by atoms with E-state index in [4.69, 9.17) is 0 Å². The number of benzene rings is 2. The van der Waals surface area contributed by atoms with Crippen molar-refractivity contribution in [3.8, 4) is 0 Å². The van der Waals surface area contributed by atoms with Gasteiger partial charge in [0.25, 0.3) is 0 Å². The number of urea groups is 1. The van der Waals surface area contributed by atoms with Crippen LogP contribution in [0.15, 0.2) is 42.5 Å². The molecule has 0 bridgehead atoms. The second kappa shape index (κ2) is 7.60. The summed E-state index contributed by atoms with van der Waals surface area (Å²) < 4.78 is 0. The van der Waals surface area contributed by atoms with Gasteiger partial charge in [-0.05, 0) is 61.2 Å². The van der Waals surface area contributed by atoms with Crippen molar-refractivity contribution < 1.29 is 9.59 Å². The van der Waals surface area contributed by atoms with Crippen LogP contribution in [0.25, 0.3) is 0 Å². The summed E-state index contributed by atoms with van der Waals surface area (Å²) in [6, 6.07) is 13.3. The first-order chi connectivity index (χ1) is 12.5. The molecule has 0 aliphatic carbocycles. The van der Waals surface area contributed by atoms with Crippen LogP contribution in [0.1, 0.15) is 30.0 Å². The molecule has 5 nitrogen and oxygen atoms in total. The number of amides is 3. The van der Waals surface area contributed by atoms with Crippen LogP contribution in [0.2, 0.25) is 0 Å². The van der Waals surface area contributed by atoms with E-state index < -0.39 is 0 Å². The van der Waals surface area contributed by atoms with E-state index in [1.807, 2.05) is 56.3 Å². The van der Waals surface area contributed by atoms with Gasteiger partial charge in [0.1, 0.15) is 0 Å². The summed E-state index contributed by atoms with van der Waals surface area (Å²) >= 11 is 0. The molecule has 3 amide bonds. The minimum Gasteiger partial charge on any atom is -0.333 e. The van der Waals surface area contributed by atoms with E-state index in [9.17, 15) is 9.59 Å². The number of carbonyl (C=O) groups excluding carboxylic acids is 2. The maximum absolute atomic E-state index is 12.3. The van der Waals surface area contributed by atoms with E-state index in [2.05, 4.69) is 17.6 Å². The maximum Gasteiger partial charge on any atom is 0.319 e. The average molecular weight is 351 g/mol. The van der Waals surface area contributed by atoms with Crippen molar-refractivity contribution in [3.63, 3.8) is 0 Å². The average Bonchev–Trinajstić information content (AvgIpc) is 2.98. The summed E-state index contributed by atoms with van der Waals surface area (Å²) in [5.41, 5.74) is 5.21. The first kappa shape index (κ1) is 18.0. The molecule has 0 spiro atoms. The Bertz CT molecular complexity index is 815. The van der Waals surface area contributed by atoms with Crippen LogP contribution in [0.5, 0.6) is 0 Å². The molecule has 26 heavy (non-hydrogen) atoms. The van der Waals surface area contributed by atoms with Gasteiger partial charge in [-0.25, -0.2) is 4.79 Å². The van der Waals surface area contributed by atoms with Crippen LogP contribution in [0.4, 0.5) is 16.2 Å². The Balaban J connectivity index is 1.59. The van der Waals surface area contributed by atoms with Crippen molar-refractivity contribution in [2.45, 2.75) is 39.7 Å². The molecule has 1 saturated heterocycles. The molecule has 5 heteroatoms. The Kier molecular flexibility index (Phi) is 5.26. The molecule has 136 valence electrons. The molecule has 0 radical (unpaired) electrons. The summed E-state index contributed by atoms with van der Waals surface area (Å²) in [5, 5.41) is 5.73. The minimum atomic E-state index is -0.283. The van der Waals surface area contributed by atoms with Crippen LogP contribution in [0.3, 0.4) is 0 Å². The van der Waals surface area contributed by atoms with Gasteiger partial charge < -0.3 is 15.5 Å². The molecule has 2 N–H and O–H groups in total. The van der Waals surface area contributed by atoms with Gasteiger partial charge in [0.05, 0.1) is 6.04 Å². The van der Waals surface area contributed by atoms with Crippen LogP contribution in [-0.4, -0.2) is 24.5 Å². The maximum atomic E-state index is 12.3. The summed E-state index contributed by atoms with van der Waals surface area (Å²) in [4.78, 5) is 26.3. The molecular formula is C21H25N3O2.